The van der Waals surface area contributed by atoms with Crippen LogP contribution in [0.4, 0.5) is 0 Å². The molecule has 146 heavy (non-hydrogen) atoms. The molecule has 0 atom stereocenters. The summed E-state index contributed by atoms with van der Waals surface area (Å²) in [6.07, 6.45) is 0. The molecule has 0 aliphatic carbocycles. The number of aromatic nitrogens is 14. The lowest BCUT2D eigenvalue weighted by atomic mass is 10.0. The predicted molar refractivity (Wildman–Crippen MR) is 605 cm³/mol. The Labute approximate surface area is 838 Å². The lowest BCUT2D eigenvalue weighted by Gasteiger charge is -2.34. The van der Waals surface area contributed by atoms with Gasteiger partial charge in [-0.15, -0.1) is 0 Å². The van der Waals surface area contributed by atoms with Gasteiger partial charge in [0.05, 0.1) is 99.7 Å². The monoisotopic (exact) mass is 1900 g/mol. The molecule has 0 aliphatic heterocycles. The minimum Gasteiger partial charge on any atom is -0.309 e. The quantitative estimate of drug-likeness (QED) is 0.0662. The molecule has 20 aromatic carbocycles. The van der Waals surface area contributed by atoms with E-state index < -0.39 is 16.1 Å². The third-order valence-corrected chi connectivity index (χ3v) is 40.1. The molecular weight excluding hydrogens is 1810 g/mol. The molecule has 0 N–H and O–H groups in total. The maximum absolute atomic E-state index is 5.79. The second-order valence-electron chi connectivity index (χ2n) is 38.1. The molecule has 10 aromatic heterocycles. The maximum atomic E-state index is 5.79. The average Bonchev–Trinajstić information content (AvgIpc) is 1.63. The minimum atomic E-state index is -3.12. The number of hydrogen-bond donors (Lipinski definition) is 0. The molecule has 14 nitrogen and oxygen atoms in total. The van der Waals surface area contributed by atoms with Gasteiger partial charge in [-0.2, -0.15) is 9.97 Å². The Morgan fingerprint density at radius 3 is 0.842 bits per heavy atom. The van der Waals surface area contributed by atoms with Gasteiger partial charge in [0.15, 0.2) is 16.1 Å². The van der Waals surface area contributed by atoms with E-state index in [0.29, 0.717) is 23.5 Å². The predicted octanol–water partition coefficient (Wildman–Crippen LogP) is 24.9. The van der Waals surface area contributed by atoms with Crippen LogP contribution in [0.15, 0.2) is 510 Å². The Bertz CT molecular complexity index is 10300. The Balaban J connectivity index is 0.559. The second-order valence-corrected chi connectivity index (χ2v) is 45.7. The normalized spacial score (nSPS) is 12.2. The van der Waals surface area contributed by atoms with Crippen LogP contribution in [0.5, 0.6) is 0 Å². The summed E-state index contributed by atoms with van der Waals surface area (Å²) in [5, 5.41) is 19.5. The van der Waals surface area contributed by atoms with Gasteiger partial charge in [0, 0.05) is 77.7 Å². The van der Waals surface area contributed by atoms with Crippen LogP contribution in [0.25, 0.3) is 211 Å². The van der Waals surface area contributed by atoms with Crippen molar-refractivity contribution >= 4 is 201 Å². The molecule has 0 saturated carbocycles. The molecule has 0 radical (unpaired) electrons. The molecule has 682 valence electrons. The van der Waals surface area contributed by atoms with Crippen LogP contribution < -0.4 is 41.5 Å². The summed E-state index contributed by atoms with van der Waals surface area (Å²) in [5.74, 6) is 3.81. The van der Waals surface area contributed by atoms with Crippen molar-refractivity contribution in [2.24, 2.45) is 0 Å². The van der Waals surface area contributed by atoms with Crippen LogP contribution in [0.3, 0.4) is 0 Å². The fraction of sp³-hybridized carbons (Fsp3) is 0. The first-order chi connectivity index (χ1) is 72.4. The first-order valence-corrected chi connectivity index (χ1v) is 53.6. The Kier molecular flexibility index (Phi) is 18.5. The summed E-state index contributed by atoms with van der Waals surface area (Å²) in [6, 6.07) is 187. The number of fused-ring (bicyclic) bond motifs is 22. The highest BCUT2D eigenvalue weighted by molar-refractivity contribution is 7.20. The average molecular weight is 1900 g/mol. The third kappa shape index (κ3) is 12.4. The summed E-state index contributed by atoms with van der Waals surface area (Å²) in [4.78, 5) is 34.2. The van der Waals surface area contributed by atoms with E-state index in [1.54, 1.807) is 0 Å². The van der Waals surface area contributed by atoms with Crippen molar-refractivity contribution in [1.82, 2.24) is 66.1 Å². The first kappa shape index (κ1) is 82.6. The summed E-state index contributed by atoms with van der Waals surface area (Å²) >= 11 is 0. The summed E-state index contributed by atoms with van der Waals surface area (Å²) in [6.45, 7) is 0. The van der Waals surface area contributed by atoms with Gasteiger partial charge in [-0.25, -0.2) is 24.5 Å². The highest BCUT2D eigenvalue weighted by Gasteiger charge is 2.44. The Morgan fingerprint density at radius 1 is 0.151 bits per heavy atom. The van der Waals surface area contributed by atoms with Crippen LogP contribution in [-0.2, 0) is 0 Å². The van der Waals surface area contributed by atoms with Crippen molar-refractivity contribution in [3.8, 4) is 68.5 Å². The lowest BCUT2D eigenvalue weighted by molar-refractivity contribution is 0.930. The van der Waals surface area contributed by atoms with Crippen LogP contribution in [-0.4, -0.2) is 82.3 Å². The smallest absolute Gasteiger partial charge is 0.239 e. The van der Waals surface area contributed by atoms with E-state index >= 15 is 0 Å². The van der Waals surface area contributed by atoms with Gasteiger partial charge in [-0.1, -0.05) is 370 Å². The number of rotatable bonds is 17. The molecule has 0 fully saturated rings. The van der Waals surface area contributed by atoms with Gasteiger partial charge in [-0.3, -0.25) is 22.5 Å². The topological polar surface area (TPSA) is 116 Å². The van der Waals surface area contributed by atoms with Crippen molar-refractivity contribution in [2.75, 3.05) is 0 Å². The number of para-hydroxylation sites is 13. The van der Waals surface area contributed by atoms with E-state index in [1.165, 1.54) is 85.1 Å². The highest BCUT2D eigenvalue weighted by atomic mass is 28.3. The fourth-order valence-corrected chi connectivity index (χ4v) is 33.6. The molecule has 10 heterocycles. The second kappa shape index (κ2) is 32.7. The van der Waals surface area contributed by atoms with Crippen molar-refractivity contribution in [1.29, 1.82) is 0 Å². The fourth-order valence-electron chi connectivity index (χ4n) is 24.1. The van der Waals surface area contributed by atoms with Gasteiger partial charge in [0.25, 0.3) is 0 Å². The van der Waals surface area contributed by atoms with Crippen molar-refractivity contribution in [3.63, 3.8) is 0 Å². The molecule has 30 rings (SSSR count). The van der Waals surface area contributed by atoms with Gasteiger partial charge in [0.2, 0.25) is 23.5 Å². The third-order valence-electron chi connectivity index (χ3n) is 30.5. The number of hydrogen-bond acceptors (Lipinski definition) is 6. The lowest BCUT2D eigenvalue weighted by Crippen LogP contribution is -2.74. The molecule has 0 unspecified atom stereocenters. The van der Waals surface area contributed by atoms with Crippen molar-refractivity contribution < 1.29 is 0 Å². The van der Waals surface area contributed by atoms with Gasteiger partial charge < -0.3 is 9.13 Å². The van der Waals surface area contributed by atoms with E-state index in [9.17, 15) is 0 Å². The number of nitrogens with zero attached hydrogens (tertiary/aromatic N) is 14. The van der Waals surface area contributed by atoms with Crippen molar-refractivity contribution in [3.05, 3.63) is 510 Å². The Morgan fingerprint density at radius 2 is 0.425 bits per heavy atom. The molecule has 0 bridgehead atoms. The molecule has 30 aromatic rings. The van der Waals surface area contributed by atoms with Gasteiger partial charge in [-0.05, 0) is 180 Å². The highest BCUT2D eigenvalue weighted by Crippen LogP contribution is 2.43. The standard InChI is InChI=1S/C130H84N14Si2/c1-5-33-91(34-6-1)145(92-35-7-2-8-36-92,97-75-67-89(68-76-97)137-111-49-21-13-41-99(111)100-42-14-22-50-112(100)137)95-71-61-85(62-72-95)109-83-125(135-127(131-109)140-116-54-26-17-45-103(116)104-46-18-27-55-117(104)140)139-115-53-25-19-47-105(115)106-81-87(66-80-118(106)139)88-65-79-108-124(82-88)142-121-58-30-32-60-123(121)144(130(142)134-108)128-132-110(84-126(136-128)143-122-59-31-29-57-120(122)141-119-56-28-20-48-107(119)133-129(141)143)86-63-73-96(74-64-86)146(93-37-9-3-10-38-93,94-39-11-4-12-40-94)98-77-69-90(70-78-98)138-113-51-23-15-43-101(113)102-44-16-24-52-114(102)138/h1-84H. The zero-order valence-corrected chi connectivity index (χ0v) is 80.8. The van der Waals surface area contributed by atoms with Crippen LogP contribution in [0.1, 0.15) is 0 Å². The first-order valence-electron chi connectivity index (χ1n) is 49.6. The summed E-state index contributed by atoms with van der Waals surface area (Å²) in [5.41, 5.74) is 23.9. The largest absolute Gasteiger partial charge is 0.309 e. The van der Waals surface area contributed by atoms with E-state index in [0.717, 1.165) is 144 Å². The molecule has 0 amide bonds. The molecular formula is C130H84N14Si2. The minimum absolute atomic E-state index is 0.453. The van der Waals surface area contributed by atoms with Crippen LogP contribution >= 0.6 is 0 Å². The van der Waals surface area contributed by atoms with Gasteiger partial charge in [0.1, 0.15) is 11.6 Å². The number of benzene rings is 20. The molecule has 0 aliphatic rings. The van der Waals surface area contributed by atoms with Crippen LogP contribution in [0, 0.1) is 0 Å². The Hall–Kier alpha value is -19.3. The molecule has 16 heteroatoms. The zero-order valence-electron chi connectivity index (χ0n) is 78.8. The van der Waals surface area contributed by atoms with E-state index in [2.05, 4.69) is 546 Å². The summed E-state index contributed by atoms with van der Waals surface area (Å²) < 4.78 is 18.3. The van der Waals surface area contributed by atoms with E-state index in [4.69, 9.17) is 29.9 Å². The van der Waals surface area contributed by atoms with Gasteiger partial charge >= 0.3 is 0 Å². The van der Waals surface area contributed by atoms with Crippen LogP contribution in [0.2, 0.25) is 0 Å². The van der Waals surface area contributed by atoms with Crippen molar-refractivity contribution in [2.45, 2.75) is 0 Å². The molecule has 0 spiro atoms. The SMILES string of the molecule is c1ccc([Si](c2ccccc2)(c2ccc(-c3cc(-n4c5ccccc5c5cc(-c6ccc7nc8n(-c9nc(-c%10ccc([Si](c%11ccccc%11)(c%11ccccc%11)c%11ccc(-n%12c%13ccccc%13c%13ccccc%13%12)cc%11)cc%10)cc(-n%10c%11ccccc%11n%11c%12ccccc%12nc%10%11)n9)c9ccccc9n8c7c6)ccc54)nc(-n4c5ccccc5c5ccccc54)n3)cc2)c2ccc(-n3c4ccccc4c4ccccc43)cc2)cc1. The summed E-state index contributed by atoms with van der Waals surface area (Å²) in [7, 11) is -6.20. The van der Waals surface area contributed by atoms with E-state index in [-0.39, 0.29) is 0 Å². The number of imidazole rings is 4. The molecule has 0 saturated heterocycles. The maximum Gasteiger partial charge on any atom is 0.239 e. The van der Waals surface area contributed by atoms with E-state index in [1.807, 2.05) is 0 Å². The zero-order chi connectivity index (χ0) is 95.8.